The summed E-state index contributed by atoms with van der Waals surface area (Å²) in [5, 5.41) is 5.98. The van der Waals surface area contributed by atoms with Crippen molar-refractivity contribution in [1.82, 2.24) is 10.3 Å². The van der Waals surface area contributed by atoms with Crippen molar-refractivity contribution < 1.29 is 19.1 Å². The number of aromatic nitrogens is 1. The minimum atomic E-state index is -0.869. The highest BCUT2D eigenvalue weighted by molar-refractivity contribution is 7.98. The molecular formula is C23H24N4O4S2. The van der Waals surface area contributed by atoms with E-state index in [9.17, 15) is 14.4 Å². The Balaban J connectivity index is 1.69. The highest BCUT2D eigenvalue weighted by Crippen LogP contribution is 2.25. The molecule has 0 aliphatic carbocycles. The summed E-state index contributed by atoms with van der Waals surface area (Å²) in [5.41, 5.74) is 7.59. The molecular weight excluding hydrogens is 460 g/mol. The van der Waals surface area contributed by atoms with Crippen LogP contribution in [0.3, 0.4) is 0 Å². The first-order valence-corrected chi connectivity index (χ1v) is 12.1. The van der Waals surface area contributed by atoms with Gasteiger partial charge >= 0.3 is 6.09 Å². The number of hydrogen-bond donors (Lipinski definition) is 3. The van der Waals surface area contributed by atoms with E-state index >= 15 is 0 Å². The summed E-state index contributed by atoms with van der Waals surface area (Å²) in [6.45, 7) is 1.79. The first-order valence-electron chi connectivity index (χ1n) is 10.1. The van der Waals surface area contributed by atoms with Crippen molar-refractivity contribution in [3.8, 4) is 5.75 Å². The molecule has 3 amide bonds. The molecule has 10 heteroatoms. The third-order valence-electron chi connectivity index (χ3n) is 4.59. The topological polar surface area (TPSA) is 123 Å². The number of carbonyl (C=O) groups excluding carboxylic acids is 3. The molecule has 0 saturated carbocycles. The van der Waals surface area contributed by atoms with Gasteiger partial charge in [-0.25, -0.2) is 9.78 Å². The molecule has 0 saturated heterocycles. The van der Waals surface area contributed by atoms with Crippen molar-refractivity contribution in [3.05, 3.63) is 70.2 Å². The zero-order valence-electron chi connectivity index (χ0n) is 18.2. The zero-order valence-corrected chi connectivity index (χ0v) is 19.8. The number of primary amides is 1. The van der Waals surface area contributed by atoms with Crippen LogP contribution in [0.5, 0.6) is 5.75 Å². The number of thioether (sulfide) groups is 1. The molecule has 1 heterocycles. The van der Waals surface area contributed by atoms with E-state index in [0.717, 1.165) is 27.4 Å². The minimum absolute atomic E-state index is 0.238. The maximum absolute atomic E-state index is 12.9. The molecule has 0 spiro atoms. The largest absolute Gasteiger partial charge is 0.411 e. The Morgan fingerprint density at radius 3 is 2.30 bits per heavy atom. The van der Waals surface area contributed by atoms with Gasteiger partial charge in [-0.1, -0.05) is 35.6 Å². The Morgan fingerprint density at radius 2 is 1.70 bits per heavy atom. The molecule has 3 rings (SSSR count). The molecule has 8 nitrogen and oxygen atoms in total. The number of rotatable bonds is 9. The highest BCUT2D eigenvalue weighted by Gasteiger charge is 2.19. The summed E-state index contributed by atoms with van der Waals surface area (Å²) in [5.74, 6) is -0.127. The molecule has 0 fully saturated rings. The van der Waals surface area contributed by atoms with Gasteiger partial charge in [0.05, 0.1) is 5.69 Å². The van der Waals surface area contributed by atoms with Gasteiger partial charge in [0.15, 0.2) is 5.13 Å². The smallest absolute Gasteiger partial charge is 0.409 e. The van der Waals surface area contributed by atoms with Crippen molar-refractivity contribution in [1.29, 1.82) is 0 Å². The van der Waals surface area contributed by atoms with Crippen molar-refractivity contribution in [2.24, 2.45) is 5.73 Å². The number of anilines is 1. The fraction of sp³-hybridized carbons (Fsp3) is 0.217. The van der Waals surface area contributed by atoms with E-state index in [1.165, 1.54) is 6.92 Å². The maximum atomic E-state index is 12.9. The lowest BCUT2D eigenvalue weighted by molar-refractivity contribution is -0.114. The maximum Gasteiger partial charge on any atom is 0.409 e. The summed E-state index contributed by atoms with van der Waals surface area (Å²) in [4.78, 5) is 41.3. The van der Waals surface area contributed by atoms with Crippen molar-refractivity contribution in [3.63, 3.8) is 0 Å². The van der Waals surface area contributed by atoms with Gasteiger partial charge in [-0.3, -0.25) is 9.59 Å². The average Bonchev–Trinajstić information content (AvgIpc) is 3.19. The number of thiazole rings is 1. The van der Waals surface area contributed by atoms with Crippen LogP contribution in [0, 0.1) is 0 Å². The molecule has 0 bridgehead atoms. The lowest BCUT2D eigenvalue weighted by Gasteiger charge is -2.07. The van der Waals surface area contributed by atoms with Crippen LogP contribution >= 0.6 is 23.1 Å². The van der Waals surface area contributed by atoms with Crippen molar-refractivity contribution in [2.45, 2.75) is 31.2 Å². The van der Waals surface area contributed by atoms with E-state index in [0.29, 0.717) is 40.8 Å². The van der Waals surface area contributed by atoms with E-state index < -0.39 is 6.09 Å². The SMILES string of the molecule is CSc1ccc(CNC(=O)c2sc(NC(C)=O)nc2CCc2ccc(OC(N)=O)cc2)cc1. The number of carbonyl (C=O) groups is 3. The zero-order chi connectivity index (χ0) is 23.8. The van der Waals surface area contributed by atoms with Gasteiger partial charge in [-0.2, -0.15) is 0 Å². The standard InChI is InChI=1S/C23H24N4O4S2/c1-14(28)26-23-27-19(12-7-15-3-8-17(9-4-15)31-22(24)30)20(33-23)21(29)25-13-16-5-10-18(32-2)11-6-16/h3-6,8-11H,7,12-13H2,1-2H3,(H2,24,30)(H,25,29)(H,26,27,28). The number of benzene rings is 2. The first-order chi connectivity index (χ1) is 15.8. The summed E-state index contributed by atoms with van der Waals surface area (Å²) in [7, 11) is 0. The number of ether oxygens (including phenoxy) is 1. The van der Waals surface area contributed by atoms with Gasteiger partial charge in [0.25, 0.3) is 5.91 Å². The van der Waals surface area contributed by atoms with Crippen molar-refractivity contribution in [2.75, 3.05) is 11.6 Å². The van der Waals surface area contributed by atoms with Gasteiger partial charge < -0.3 is 21.1 Å². The Labute approximate surface area is 199 Å². The molecule has 0 aliphatic heterocycles. The lowest BCUT2D eigenvalue weighted by atomic mass is 10.1. The molecule has 0 unspecified atom stereocenters. The number of aryl methyl sites for hydroxylation is 2. The van der Waals surface area contributed by atoms with Crippen LogP contribution in [0.15, 0.2) is 53.4 Å². The summed E-state index contributed by atoms with van der Waals surface area (Å²) in [6.07, 6.45) is 2.25. The first kappa shape index (κ1) is 24.3. The highest BCUT2D eigenvalue weighted by atomic mass is 32.2. The van der Waals surface area contributed by atoms with Gasteiger partial charge in [-0.05, 0) is 54.5 Å². The van der Waals surface area contributed by atoms with Crippen molar-refractivity contribution >= 4 is 46.1 Å². The quantitative estimate of drug-likeness (QED) is 0.395. The Bertz CT molecular complexity index is 1130. The number of nitrogens with one attached hydrogen (secondary N) is 2. The van der Waals surface area contributed by atoms with E-state index in [1.54, 1.807) is 23.9 Å². The van der Waals surface area contributed by atoms with Gasteiger partial charge in [0.2, 0.25) is 5.91 Å². The van der Waals surface area contributed by atoms with Gasteiger partial charge in [-0.15, -0.1) is 11.8 Å². The monoisotopic (exact) mass is 484 g/mol. The van der Waals surface area contributed by atoms with E-state index in [1.807, 2.05) is 42.7 Å². The summed E-state index contributed by atoms with van der Waals surface area (Å²) < 4.78 is 4.83. The summed E-state index contributed by atoms with van der Waals surface area (Å²) >= 11 is 2.81. The molecule has 1 aromatic heterocycles. The van der Waals surface area contributed by atoms with Crippen LogP contribution in [-0.4, -0.2) is 29.1 Å². The Morgan fingerprint density at radius 1 is 1.03 bits per heavy atom. The molecule has 0 atom stereocenters. The fourth-order valence-corrected chi connectivity index (χ4v) is 4.39. The molecule has 0 aliphatic rings. The van der Waals surface area contributed by atoms with Crippen LogP contribution in [0.4, 0.5) is 9.93 Å². The molecule has 172 valence electrons. The number of nitrogens with zero attached hydrogens (tertiary/aromatic N) is 1. The predicted molar refractivity (Wildman–Crippen MR) is 130 cm³/mol. The third-order valence-corrected chi connectivity index (χ3v) is 6.35. The summed E-state index contributed by atoms with van der Waals surface area (Å²) in [6, 6.07) is 14.9. The normalized spacial score (nSPS) is 10.5. The van der Waals surface area contributed by atoms with Crippen LogP contribution < -0.4 is 21.1 Å². The van der Waals surface area contributed by atoms with E-state index in [2.05, 4.69) is 15.6 Å². The molecule has 2 aromatic carbocycles. The lowest BCUT2D eigenvalue weighted by Crippen LogP contribution is -2.23. The third kappa shape index (κ3) is 7.33. The second-order valence-corrected chi connectivity index (χ2v) is 8.95. The van der Waals surface area contributed by atoms with Gasteiger partial charge in [0, 0.05) is 18.4 Å². The Kier molecular flexibility index (Phi) is 8.45. The van der Waals surface area contributed by atoms with Crippen LogP contribution in [-0.2, 0) is 24.2 Å². The molecule has 4 N–H and O–H groups in total. The van der Waals surface area contributed by atoms with Crippen LogP contribution in [0.25, 0.3) is 0 Å². The predicted octanol–water partition coefficient (Wildman–Crippen LogP) is 4.00. The van der Waals surface area contributed by atoms with Crippen LogP contribution in [0.1, 0.15) is 33.4 Å². The average molecular weight is 485 g/mol. The molecule has 0 radical (unpaired) electrons. The number of amides is 3. The second-order valence-electron chi connectivity index (χ2n) is 7.07. The fourth-order valence-electron chi connectivity index (χ4n) is 3.01. The van der Waals surface area contributed by atoms with Gasteiger partial charge in [0.1, 0.15) is 10.6 Å². The number of nitrogens with two attached hydrogens (primary N) is 1. The molecule has 33 heavy (non-hydrogen) atoms. The second kappa shape index (κ2) is 11.5. The molecule has 3 aromatic rings. The van der Waals surface area contributed by atoms with Crippen LogP contribution in [0.2, 0.25) is 0 Å². The van der Waals surface area contributed by atoms with E-state index in [4.69, 9.17) is 10.5 Å². The number of hydrogen-bond acceptors (Lipinski definition) is 7. The minimum Gasteiger partial charge on any atom is -0.411 e. The Hall–Kier alpha value is -3.37. The van der Waals surface area contributed by atoms with E-state index in [-0.39, 0.29) is 11.8 Å².